The number of rotatable bonds is 3. The van der Waals surface area contributed by atoms with Crippen molar-refractivity contribution in [2.24, 2.45) is 0 Å². The van der Waals surface area contributed by atoms with Crippen molar-refractivity contribution in [2.45, 2.75) is 19.1 Å². The van der Waals surface area contributed by atoms with Crippen LogP contribution in [0.2, 0.25) is 0 Å². The van der Waals surface area contributed by atoms with Crippen LogP contribution in [0.25, 0.3) is 10.6 Å². The van der Waals surface area contributed by atoms with Crippen molar-refractivity contribution in [2.75, 3.05) is 19.9 Å². The number of amides is 1. The first-order valence-corrected chi connectivity index (χ1v) is 8.86. The molecule has 0 bridgehead atoms. The van der Waals surface area contributed by atoms with E-state index in [2.05, 4.69) is 4.98 Å². The van der Waals surface area contributed by atoms with E-state index in [4.69, 9.17) is 19.3 Å². The minimum atomic E-state index is -1.07. The summed E-state index contributed by atoms with van der Waals surface area (Å²) < 4.78 is 16.0. The van der Waals surface area contributed by atoms with Crippen LogP contribution in [-0.2, 0) is 9.53 Å². The number of aromatic nitrogens is 1. The SMILES string of the molecule is C[C@@H]1CN(C(=O)c2cnc(-c3ccc4c(c3)OCO4)s2)CC(C(=O)O)O1. The van der Waals surface area contributed by atoms with Crippen molar-refractivity contribution in [3.8, 4) is 22.1 Å². The van der Waals surface area contributed by atoms with E-state index in [1.165, 1.54) is 22.4 Å². The molecule has 8 nitrogen and oxygen atoms in total. The average molecular weight is 376 g/mol. The lowest BCUT2D eigenvalue weighted by atomic mass is 10.2. The maximum absolute atomic E-state index is 12.7. The highest BCUT2D eigenvalue weighted by Gasteiger charge is 2.33. The van der Waals surface area contributed by atoms with Gasteiger partial charge in [0.2, 0.25) is 6.79 Å². The van der Waals surface area contributed by atoms with Gasteiger partial charge < -0.3 is 24.2 Å². The number of morpholine rings is 1. The summed E-state index contributed by atoms with van der Waals surface area (Å²) in [6.07, 6.45) is 0.169. The third-order valence-electron chi connectivity index (χ3n) is 4.16. The first kappa shape index (κ1) is 16.8. The number of nitrogens with zero attached hydrogens (tertiary/aromatic N) is 2. The lowest BCUT2D eigenvalue weighted by Crippen LogP contribution is -2.51. The highest BCUT2D eigenvalue weighted by atomic mass is 32.1. The van der Waals surface area contributed by atoms with Gasteiger partial charge in [0.25, 0.3) is 5.91 Å². The first-order chi connectivity index (χ1) is 12.5. The molecule has 4 rings (SSSR count). The van der Waals surface area contributed by atoms with Crippen molar-refractivity contribution in [3.05, 3.63) is 29.3 Å². The molecular weight excluding hydrogens is 360 g/mol. The summed E-state index contributed by atoms with van der Waals surface area (Å²) >= 11 is 1.26. The number of fused-ring (bicyclic) bond motifs is 1. The second kappa shape index (κ2) is 6.58. The fourth-order valence-corrected chi connectivity index (χ4v) is 3.83. The van der Waals surface area contributed by atoms with Gasteiger partial charge in [-0.3, -0.25) is 4.79 Å². The van der Waals surface area contributed by atoms with E-state index in [0.717, 1.165) is 5.56 Å². The van der Waals surface area contributed by atoms with E-state index in [9.17, 15) is 9.59 Å². The zero-order valence-electron chi connectivity index (χ0n) is 13.9. The Bertz CT molecular complexity index is 867. The van der Waals surface area contributed by atoms with Gasteiger partial charge in [0.1, 0.15) is 9.88 Å². The quantitative estimate of drug-likeness (QED) is 0.873. The van der Waals surface area contributed by atoms with Gasteiger partial charge in [0.05, 0.1) is 18.8 Å². The summed E-state index contributed by atoms with van der Waals surface area (Å²) in [6, 6.07) is 5.49. The predicted molar refractivity (Wildman–Crippen MR) is 91.5 cm³/mol. The number of hydrogen-bond acceptors (Lipinski definition) is 7. The van der Waals surface area contributed by atoms with Crippen LogP contribution in [-0.4, -0.2) is 59.0 Å². The molecule has 3 heterocycles. The lowest BCUT2D eigenvalue weighted by Gasteiger charge is -2.34. The minimum Gasteiger partial charge on any atom is -0.479 e. The lowest BCUT2D eigenvalue weighted by molar-refractivity contribution is -0.160. The van der Waals surface area contributed by atoms with Gasteiger partial charge in [-0.05, 0) is 25.1 Å². The average Bonchev–Trinajstić information content (AvgIpc) is 3.29. The number of ether oxygens (including phenoxy) is 3. The zero-order chi connectivity index (χ0) is 18.3. The Balaban J connectivity index is 1.54. The predicted octanol–water partition coefficient (Wildman–Crippen LogP) is 1.85. The number of carboxylic acid groups (broad SMARTS) is 1. The maximum atomic E-state index is 12.7. The van der Waals surface area contributed by atoms with Crippen LogP contribution in [0.1, 0.15) is 16.6 Å². The molecule has 136 valence electrons. The summed E-state index contributed by atoms with van der Waals surface area (Å²) in [5.74, 6) is 0.0242. The Morgan fingerprint density at radius 1 is 1.27 bits per heavy atom. The fraction of sp³-hybridized carbons (Fsp3) is 0.353. The molecule has 1 saturated heterocycles. The van der Waals surface area contributed by atoms with Gasteiger partial charge >= 0.3 is 5.97 Å². The van der Waals surface area contributed by atoms with E-state index >= 15 is 0 Å². The number of carboxylic acids is 1. The number of aliphatic carboxylic acids is 1. The van der Waals surface area contributed by atoms with Crippen LogP contribution in [0.4, 0.5) is 0 Å². The summed E-state index contributed by atoms with van der Waals surface area (Å²) in [4.78, 5) is 30.2. The molecule has 1 fully saturated rings. The Labute approximate surface area is 152 Å². The largest absolute Gasteiger partial charge is 0.479 e. The smallest absolute Gasteiger partial charge is 0.334 e. The van der Waals surface area contributed by atoms with Crippen LogP contribution in [0.15, 0.2) is 24.4 Å². The molecule has 0 aliphatic carbocycles. The maximum Gasteiger partial charge on any atom is 0.334 e. The molecule has 2 aromatic rings. The highest BCUT2D eigenvalue weighted by molar-refractivity contribution is 7.16. The Kier molecular flexibility index (Phi) is 4.25. The Morgan fingerprint density at radius 3 is 2.88 bits per heavy atom. The van der Waals surface area contributed by atoms with Crippen molar-refractivity contribution >= 4 is 23.2 Å². The molecular formula is C17H16N2O6S. The fourth-order valence-electron chi connectivity index (χ4n) is 2.95. The number of carbonyl (C=O) groups excluding carboxylic acids is 1. The second-order valence-electron chi connectivity index (χ2n) is 6.08. The molecule has 0 spiro atoms. The van der Waals surface area contributed by atoms with Crippen LogP contribution in [0, 0.1) is 0 Å². The minimum absolute atomic E-state index is 0.0236. The van der Waals surface area contributed by atoms with E-state index in [1.807, 2.05) is 18.2 Å². The summed E-state index contributed by atoms with van der Waals surface area (Å²) in [5, 5.41) is 9.84. The van der Waals surface area contributed by atoms with E-state index < -0.39 is 12.1 Å². The monoisotopic (exact) mass is 376 g/mol. The topological polar surface area (TPSA) is 98.2 Å². The molecule has 0 saturated carbocycles. The molecule has 1 N–H and O–H groups in total. The van der Waals surface area contributed by atoms with Crippen LogP contribution < -0.4 is 9.47 Å². The number of benzene rings is 1. The summed E-state index contributed by atoms with van der Waals surface area (Å²) in [6.45, 7) is 2.32. The Hall–Kier alpha value is -2.65. The second-order valence-corrected chi connectivity index (χ2v) is 7.11. The van der Waals surface area contributed by atoms with Crippen molar-refractivity contribution < 1.29 is 28.9 Å². The summed E-state index contributed by atoms with van der Waals surface area (Å²) in [7, 11) is 0. The first-order valence-electron chi connectivity index (χ1n) is 8.04. The zero-order valence-corrected chi connectivity index (χ0v) is 14.7. The van der Waals surface area contributed by atoms with E-state index in [1.54, 1.807) is 6.92 Å². The molecule has 26 heavy (non-hydrogen) atoms. The van der Waals surface area contributed by atoms with E-state index in [0.29, 0.717) is 27.9 Å². The molecule has 2 aliphatic rings. The molecule has 1 amide bonds. The molecule has 1 aromatic heterocycles. The Morgan fingerprint density at radius 2 is 2.08 bits per heavy atom. The van der Waals surface area contributed by atoms with Crippen LogP contribution in [0.5, 0.6) is 11.5 Å². The van der Waals surface area contributed by atoms with Crippen molar-refractivity contribution in [3.63, 3.8) is 0 Å². The van der Waals surface area contributed by atoms with Gasteiger partial charge in [-0.2, -0.15) is 0 Å². The van der Waals surface area contributed by atoms with Gasteiger partial charge in [0, 0.05) is 12.1 Å². The molecule has 2 aliphatic heterocycles. The summed E-state index contributed by atoms with van der Waals surface area (Å²) in [5.41, 5.74) is 0.831. The van der Waals surface area contributed by atoms with Crippen LogP contribution >= 0.6 is 11.3 Å². The van der Waals surface area contributed by atoms with Crippen LogP contribution in [0.3, 0.4) is 0 Å². The molecule has 2 atom stereocenters. The molecule has 0 radical (unpaired) electrons. The standard InChI is InChI=1S/C17H16N2O6S/c1-9-6-19(7-13(25-9)17(21)22)16(20)14-5-18-15(26-14)10-2-3-11-12(4-10)24-8-23-11/h2-5,9,13H,6-8H2,1H3,(H,21,22)/t9-,13?/m1/s1. The van der Waals surface area contributed by atoms with Gasteiger partial charge in [-0.1, -0.05) is 0 Å². The number of hydrogen-bond donors (Lipinski definition) is 1. The van der Waals surface area contributed by atoms with Gasteiger partial charge in [0.15, 0.2) is 17.6 Å². The van der Waals surface area contributed by atoms with Gasteiger partial charge in [-0.15, -0.1) is 11.3 Å². The third-order valence-corrected chi connectivity index (χ3v) is 5.19. The third kappa shape index (κ3) is 3.11. The van der Waals surface area contributed by atoms with Gasteiger partial charge in [-0.25, -0.2) is 9.78 Å². The highest BCUT2D eigenvalue weighted by Crippen LogP contribution is 2.37. The van der Waals surface area contributed by atoms with Crippen molar-refractivity contribution in [1.29, 1.82) is 0 Å². The molecule has 9 heteroatoms. The molecule has 1 unspecified atom stereocenters. The molecule has 1 aromatic carbocycles. The number of thiazole rings is 1. The van der Waals surface area contributed by atoms with Crippen molar-refractivity contribution in [1.82, 2.24) is 9.88 Å². The van der Waals surface area contributed by atoms with E-state index in [-0.39, 0.29) is 25.3 Å². The number of carbonyl (C=O) groups is 2. The normalized spacial score (nSPS) is 21.7.